The first-order valence-corrected chi connectivity index (χ1v) is 18.2. The van der Waals surface area contributed by atoms with Crippen LogP contribution in [0.1, 0.15) is 103 Å². The minimum atomic E-state index is -0.853. The zero-order chi connectivity index (χ0) is 35.3. The number of methoxy groups -OCH3 is 1. The molecule has 49 heavy (non-hydrogen) atoms. The van der Waals surface area contributed by atoms with Crippen molar-refractivity contribution in [3.63, 3.8) is 0 Å². The lowest BCUT2D eigenvalue weighted by Gasteiger charge is -2.62. The van der Waals surface area contributed by atoms with Gasteiger partial charge in [0, 0.05) is 12.5 Å². The number of carbonyl (C=O) groups excluding carboxylic acids is 2. The minimum Gasteiger partial charge on any atom is -0.493 e. The SMILES string of the molecule is COc1cc(/C=C\C(=O)OCCCCO[N+](=O)[O-])ccc1OC(=O)CC[C@H](C)[C@H]1CC[C@H]2[C@@H]3[C@@H](CC[C@]12C)[C@@]1(C)CC[C@@H](O)C[C@H]1C[C@@H]3O. The number of benzene rings is 1. The fraction of sp³-hybridized carbons (Fsp3) is 0.737. The van der Waals surface area contributed by atoms with Crippen LogP contribution in [0.4, 0.5) is 0 Å². The molecule has 4 saturated carbocycles. The zero-order valence-electron chi connectivity index (χ0n) is 29.5. The topological polar surface area (TPSA) is 155 Å². The molecule has 4 aliphatic rings. The van der Waals surface area contributed by atoms with E-state index in [4.69, 9.17) is 14.2 Å². The average molecular weight is 686 g/mol. The summed E-state index contributed by atoms with van der Waals surface area (Å²) in [6.07, 6.45) is 12.3. The molecule has 1 aromatic rings. The standard InChI is InChI=1S/C38H55NO10/c1-24(28-10-11-29-36-30(16-18-38(28,29)3)37(2)17-15-27(40)22-26(37)23-31(36)41)7-13-35(43)49-32-12-8-25(21-33(32)46-4)9-14-34(42)47-19-5-6-20-48-39(44)45/h8-9,12,14,21,24,26-31,36,40-41H,5-7,10-11,13,15-20,22-23H2,1-4H3/b14-9-/t24-,26-,27+,28+,29-,30+,31-,36+,37-,38+/m0/s1. The molecule has 0 aromatic heterocycles. The van der Waals surface area contributed by atoms with Crippen LogP contribution in [-0.2, 0) is 19.2 Å². The lowest BCUT2D eigenvalue weighted by atomic mass is 9.43. The third-order valence-electron chi connectivity index (χ3n) is 13.0. The third kappa shape index (κ3) is 8.25. The van der Waals surface area contributed by atoms with E-state index in [2.05, 4.69) is 25.6 Å². The van der Waals surface area contributed by atoms with Crippen molar-refractivity contribution in [3.05, 3.63) is 40.0 Å². The van der Waals surface area contributed by atoms with Gasteiger partial charge < -0.3 is 29.3 Å². The summed E-state index contributed by atoms with van der Waals surface area (Å²) in [4.78, 5) is 39.4. The van der Waals surface area contributed by atoms with Gasteiger partial charge >= 0.3 is 11.9 Å². The monoisotopic (exact) mass is 685 g/mol. The highest BCUT2D eigenvalue weighted by Crippen LogP contribution is 2.68. The molecule has 11 nitrogen and oxygen atoms in total. The van der Waals surface area contributed by atoms with E-state index >= 15 is 0 Å². The van der Waals surface area contributed by atoms with Crippen LogP contribution in [0, 0.1) is 56.5 Å². The molecule has 4 fully saturated rings. The van der Waals surface area contributed by atoms with Gasteiger partial charge in [0.25, 0.3) is 5.09 Å². The number of rotatable bonds is 14. The normalized spacial score (nSPS) is 34.3. The maximum absolute atomic E-state index is 13.0. The highest BCUT2D eigenvalue weighted by Gasteiger charge is 2.62. The van der Waals surface area contributed by atoms with Gasteiger partial charge in [-0.3, -0.25) is 4.79 Å². The molecule has 0 aliphatic heterocycles. The van der Waals surface area contributed by atoms with E-state index in [0.717, 1.165) is 57.8 Å². The van der Waals surface area contributed by atoms with Gasteiger partial charge in [0.15, 0.2) is 11.5 Å². The van der Waals surface area contributed by atoms with Crippen LogP contribution in [0.5, 0.6) is 11.5 Å². The first-order valence-electron chi connectivity index (χ1n) is 18.2. The Labute approximate surface area is 289 Å². The molecule has 0 bridgehead atoms. The molecule has 0 radical (unpaired) electrons. The van der Waals surface area contributed by atoms with Gasteiger partial charge in [-0.2, -0.15) is 0 Å². The Balaban J connectivity index is 1.11. The van der Waals surface area contributed by atoms with Crippen molar-refractivity contribution in [2.75, 3.05) is 20.3 Å². The second-order valence-electron chi connectivity index (χ2n) is 15.6. The molecular weight excluding hydrogens is 630 g/mol. The van der Waals surface area contributed by atoms with E-state index in [1.807, 2.05) is 0 Å². The van der Waals surface area contributed by atoms with Crippen molar-refractivity contribution in [1.82, 2.24) is 0 Å². The van der Waals surface area contributed by atoms with E-state index in [1.165, 1.54) is 13.2 Å². The Morgan fingerprint density at radius 1 is 1.02 bits per heavy atom. The van der Waals surface area contributed by atoms with E-state index in [0.29, 0.717) is 71.8 Å². The number of unbranched alkanes of at least 4 members (excludes halogenated alkanes) is 1. The van der Waals surface area contributed by atoms with Crippen molar-refractivity contribution in [1.29, 1.82) is 0 Å². The molecule has 5 rings (SSSR count). The maximum atomic E-state index is 13.0. The molecule has 10 atom stereocenters. The summed E-state index contributed by atoms with van der Waals surface area (Å²) in [5, 5.41) is 31.2. The highest BCUT2D eigenvalue weighted by atomic mass is 16.9. The Bertz CT molecular complexity index is 1370. The molecule has 0 spiro atoms. The zero-order valence-corrected chi connectivity index (χ0v) is 29.5. The second-order valence-corrected chi connectivity index (χ2v) is 15.6. The summed E-state index contributed by atoms with van der Waals surface area (Å²) in [7, 11) is 1.49. The van der Waals surface area contributed by atoms with E-state index in [9.17, 15) is 29.9 Å². The lowest BCUT2D eigenvalue weighted by molar-refractivity contribution is -0.757. The Morgan fingerprint density at radius 3 is 2.51 bits per heavy atom. The first kappa shape index (κ1) is 37.1. The van der Waals surface area contributed by atoms with Crippen LogP contribution in [0.15, 0.2) is 24.3 Å². The van der Waals surface area contributed by atoms with Gasteiger partial charge in [-0.1, -0.05) is 26.8 Å². The number of aliphatic hydroxyl groups excluding tert-OH is 2. The largest absolute Gasteiger partial charge is 0.493 e. The highest BCUT2D eigenvalue weighted by molar-refractivity contribution is 5.87. The van der Waals surface area contributed by atoms with Crippen molar-refractivity contribution < 1.29 is 43.9 Å². The molecule has 272 valence electrons. The molecule has 0 saturated heterocycles. The van der Waals surface area contributed by atoms with Crippen LogP contribution in [-0.4, -0.2) is 59.8 Å². The number of aliphatic hydroxyl groups is 2. The van der Waals surface area contributed by atoms with Crippen molar-refractivity contribution >= 4 is 18.0 Å². The number of hydrogen-bond donors (Lipinski definition) is 2. The second kappa shape index (κ2) is 15.8. The molecular formula is C38H55NO10. The number of carbonyl (C=O) groups is 2. The van der Waals surface area contributed by atoms with Gasteiger partial charge in [-0.25, -0.2) is 4.79 Å². The summed E-state index contributed by atoms with van der Waals surface area (Å²) in [6.45, 7) is 7.24. The quantitative estimate of drug-likeness (QED) is 0.0550. The summed E-state index contributed by atoms with van der Waals surface area (Å²) in [6, 6.07) is 5.05. The molecule has 0 amide bonds. The Hall–Kier alpha value is -3.18. The van der Waals surface area contributed by atoms with Gasteiger partial charge in [-0.15, -0.1) is 10.1 Å². The summed E-state index contributed by atoms with van der Waals surface area (Å²) in [5.74, 6) is 2.41. The van der Waals surface area contributed by atoms with Gasteiger partial charge in [-0.05, 0) is 141 Å². The van der Waals surface area contributed by atoms with Gasteiger partial charge in [0.2, 0.25) is 0 Å². The predicted octanol–water partition coefficient (Wildman–Crippen LogP) is 6.55. The van der Waals surface area contributed by atoms with Crippen molar-refractivity contribution in [2.45, 2.75) is 110 Å². The van der Waals surface area contributed by atoms with Crippen LogP contribution < -0.4 is 9.47 Å². The average Bonchev–Trinajstić information content (AvgIpc) is 3.42. The number of esters is 2. The summed E-state index contributed by atoms with van der Waals surface area (Å²) in [5.41, 5.74) is 1.02. The Morgan fingerprint density at radius 2 is 1.76 bits per heavy atom. The lowest BCUT2D eigenvalue weighted by Crippen LogP contribution is -2.58. The maximum Gasteiger partial charge on any atom is 0.330 e. The van der Waals surface area contributed by atoms with E-state index in [-0.39, 0.29) is 42.2 Å². The molecule has 1 aromatic carbocycles. The van der Waals surface area contributed by atoms with Gasteiger partial charge in [0.05, 0.1) is 32.5 Å². The molecule has 2 N–H and O–H groups in total. The van der Waals surface area contributed by atoms with Crippen LogP contribution in [0.25, 0.3) is 6.08 Å². The fourth-order valence-corrected chi connectivity index (χ4v) is 10.5. The predicted molar refractivity (Wildman–Crippen MR) is 182 cm³/mol. The number of fused-ring (bicyclic) bond motifs is 5. The third-order valence-corrected chi connectivity index (χ3v) is 13.0. The summed E-state index contributed by atoms with van der Waals surface area (Å²) >= 11 is 0. The van der Waals surface area contributed by atoms with Crippen molar-refractivity contribution in [2.24, 2.45) is 46.3 Å². The van der Waals surface area contributed by atoms with Crippen molar-refractivity contribution in [3.8, 4) is 11.5 Å². The molecule has 4 aliphatic carbocycles. The number of nitrogens with zero attached hydrogens (tertiary/aromatic N) is 1. The van der Waals surface area contributed by atoms with Crippen LogP contribution in [0.2, 0.25) is 0 Å². The van der Waals surface area contributed by atoms with E-state index in [1.54, 1.807) is 24.3 Å². The Kier molecular flexibility index (Phi) is 12.0. The molecule has 0 unspecified atom stereocenters. The fourth-order valence-electron chi connectivity index (χ4n) is 10.5. The van der Waals surface area contributed by atoms with E-state index < -0.39 is 11.1 Å². The minimum absolute atomic E-state index is 0.0447. The van der Waals surface area contributed by atoms with Crippen LogP contribution in [0.3, 0.4) is 0 Å². The number of hydrogen-bond acceptors (Lipinski definition) is 10. The smallest absolute Gasteiger partial charge is 0.330 e. The number of ether oxygens (including phenoxy) is 3. The van der Waals surface area contributed by atoms with Gasteiger partial charge in [0.1, 0.15) is 0 Å². The molecule has 11 heteroatoms. The summed E-state index contributed by atoms with van der Waals surface area (Å²) < 4.78 is 16.3. The first-order chi connectivity index (χ1) is 23.4. The van der Waals surface area contributed by atoms with Crippen LogP contribution >= 0.6 is 0 Å². The molecule has 0 heterocycles.